The predicted octanol–water partition coefficient (Wildman–Crippen LogP) is 1.64. The van der Waals surface area contributed by atoms with Crippen LogP contribution in [0.15, 0.2) is 34.6 Å². The lowest BCUT2D eigenvalue weighted by Gasteiger charge is -2.28. The number of aromatic nitrogens is 2. The summed E-state index contributed by atoms with van der Waals surface area (Å²) in [4.78, 5) is 38.5. The number of Topliss-reactive ketones (excluding diaryl/α,β-unsaturated/α-hetero) is 1. The third-order valence-corrected chi connectivity index (χ3v) is 3.78. The summed E-state index contributed by atoms with van der Waals surface area (Å²) < 4.78 is 0. The Hall–Kier alpha value is -2.89. The highest BCUT2D eigenvalue weighted by Crippen LogP contribution is 2.30. The van der Waals surface area contributed by atoms with Crippen molar-refractivity contribution < 1.29 is 9.59 Å². The molecule has 1 aromatic carbocycles. The second kappa shape index (κ2) is 5.14. The van der Waals surface area contributed by atoms with E-state index in [1.807, 2.05) is 6.92 Å². The molecule has 0 bridgehead atoms. The Morgan fingerprint density at radius 3 is 2.50 bits per heavy atom. The molecule has 1 amide bonds. The van der Waals surface area contributed by atoms with Gasteiger partial charge < -0.3 is 10.00 Å². The van der Waals surface area contributed by atoms with Crippen LogP contribution in [0.4, 0.5) is 5.69 Å². The molecule has 1 aliphatic heterocycles. The second-order valence-corrected chi connectivity index (χ2v) is 5.07. The zero-order valence-corrected chi connectivity index (χ0v) is 12.3. The number of H-pyrrole nitrogens is 2. The van der Waals surface area contributed by atoms with E-state index in [1.165, 1.54) is 6.08 Å². The number of hydrogen-bond donors (Lipinski definition) is 2. The maximum atomic E-state index is 12.6. The molecule has 0 radical (unpaired) electrons. The van der Waals surface area contributed by atoms with Gasteiger partial charge in [-0.05, 0) is 32.1 Å². The molecule has 1 aromatic heterocycles. The van der Waals surface area contributed by atoms with Crippen LogP contribution in [0.2, 0.25) is 0 Å². The number of nitrogens with one attached hydrogen (secondary N) is 2. The van der Waals surface area contributed by atoms with E-state index in [-0.39, 0.29) is 22.8 Å². The number of hydrogen-bond acceptors (Lipinski definition) is 3. The first-order valence-corrected chi connectivity index (χ1v) is 6.99. The number of aryl methyl sites for hydroxylation is 1. The Morgan fingerprint density at radius 2 is 1.86 bits per heavy atom. The number of carbonyl (C=O) groups is 2. The van der Waals surface area contributed by atoms with Crippen LogP contribution >= 0.6 is 0 Å². The van der Waals surface area contributed by atoms with E-state index >= 15 is 0 Å². The number of benzene rings is 1. The molecule has 2 N–H and O–H groups in total. The first kappa shape index (κ1) is 14.1. The fraction of sp³-hybridized carbons (Fsp3) is 0.188. The number of rotatable bonds is 2. The first-order valence-electron chi connectivity index (χ1n) is 6.99. The Morgan fingerprint density at radius 1 is 1.14 bits per heavy atom. The quantitative estimate of drug-likeness (QED) is 0.652. The van der Waals surface area contributed by atoms with Crippen molar-refractivity contribution in [1.82, 2.24) is 10.2 Å². The lowest BCUT2D eigenvalue weighted by molar-refractivity contribution is -0.114. The van der Waals surface area contributed by atoms with Crippen LogP contribution in [0.1, 0.15) is 28.5 Å². The maximum absolute atomic E-state index is 12.6. The normalized spacial score (nSPS) is 16.3. The number of fused-ring (bicyclic) bond motifs is 1. The summed E-state index contributed by atoms with van der Waals surface area (Å²) >= 11 is 0. The molecule has 3 rings (SSSR count). The van der Waals surface area contributed by atoms with Crippen molar-refractivity contribution in [2.75, 3.05) is 11.4 Å². The third kappa shape index (κ3) is 2.00. The predicted molar refractivity (Wildman–Crippen MR) is 82.9 cm³/mol. The van der Waals surface area contributed by atoms with Gasteiger partial charge >= 0.3 is 0 Å². The van der Waals surface area contributed by atoms with Gasteiger partial charge in [-0.3, -0.25) is 19.5 Å². The van der Waals surface area contributed by atoms with Crippen LogP contribution in [0.5, 0.6) is 0 Å². The molecule has 22 heavy (non-hydrogen) atoms. The summed E-state index contributed by atoms with van der Waals surface area (Å²) in [6.07, 6.45) is 1.37. The molecule has 2 aromatic rings. The van der Waals surface area contributed by atoms with Crippen LogP contribution in [0.25, 0.3) is 6.08 Å². The highest BCUT2D eigenvalue weighted by molar-refractivity contribution is 6.36. The van der Waals surface area contributed by atoms with Crippen molar-refractivity contribution in [3.05, 3.63) is 57.0 Å². The lowest BCUT2D eigenvalue weighted by atomic mass is 9.93. The molecule has 0 saturated carbocycles. The van der Waals surface area contributed by atoms with Gasteiger partial charge in [-0.2, -0.15) is 0 Å². The largest absolute Gasteiger partial charge is 0.308 e. The van der Waals surface area contributed by atoms with Crippen molar-refractivity contribution in [2.45, 2.75) is 13.8 Å². The molecule has 6 nitrogen and oxygen atoms in total. The van der Waals surface area contributed by atoms with Gasteiger partial charge in [0.25, 0.3) is 11.5 Å². The van der Waals surface area contributed by atoms with Crippen molar-refractivity contribution >= 4 is 23.5 Å². The maximum Gasteiger partial charge on any atom is 0.271 e. The molecule has 0 unspecified atom stereocenters. The summed E-state index contributed by atoms with van der Waals surface area (Å²) in [5.41, 5.74) is 1.62. The van der Waals surface area contributed by atoms with Gasteiger partial charge in [-0.25, -0.2) is 0 Å². The Bertz CT molecular complexity index is 858. The molecule has 0 fully saturated rings. The summed E-state index contributed by atoms with van der Waals surface area (Å²) in [6.45, 7) is 3.99. The highest BCUT2D eigenvalue weighted by atomic mass is 16.2. The van der Waals surface area contributed by atoms with Crippen molar-refractivity contribution in [1.29, 1.82) is 0 Å². The Kier molecular flexibility index (Phi) is 3.29. The van der Waals surface area contributed by atoms with Crippen LogP contribution < -0.4 is 10.5 Å². The molecule has 0 spiro atoms. The summed E-state index contributed by atoms with van der Waals surface area (Å²) in [5.74, 6) is -0.739. The smallest absolute Gasteiger partial charge is 0.271 e. The van der Waals surface area contributed by atoms with E-state index < -0.39 is 0 Å². The van der Waals surface area contributed by atoms with Crippen molar-refractivity contribution in [3.8, 4) is 0 Å². The van der Waals surface area contributed by atoms with Gasteiger partial charge in [0.1, 0.15) is 0 Å². The zero-order chi connectivity index (χ0) is 15.9. The van der Waals surface area contributed by atoms with Gasteiger partial charge in [0.2, 0.25) is 5.78 Å². The topological polar surface area (TPSA) is 86.0 Å². The second-order valence-electron chi connectivity index (χ2n) is 5.07. The zero-order valence-electron chi connectivity index (χ0n) is 12.3. The number of amides is 1. The fourth-order valence-electron chi connectivity index (χ4n) is 2.61. The third-order valence-electron chi connectivity index (χ3n) is 3.78. The van der Waals surface area contributed by atoms with E-state index in [1.54, 1.807) is 36.1 Å². The lowest BCUT2D eigenvalue weighted by Crippen LogP contribution is -2.39. The summed E-state index contributed by atoms with van der Waals surface area (Å²) in [5, 5.41) is 5.12. The van der Waals surface area contributed by atoms with Crippen molar-refractivity contribution in [2.24, 2.45) is 0 Å². The minimum Gasteiger partial charge on any atom is -0.308 e. The van der Waals surface area contributed by atoms with E-state index in [0.717, 1.165) is 0 Å². The Balaban J connectivity index is 2.20. The van der Waals surface area contributed by atoms with Crippen LogP contribution in [0.3, 0.4) is 0 Å². The average molecular weight is 297 g/mol. The van der Waals surface area contributed by atoms with E-state index in [4.69, 9.17) is 0 Å². The summed E-state index contributed by atoms with van der Waals surface area (Å²) in [7, 11) is 0. The molecular formula is C16H15N3O3. The number of ketones is 1. The number of para-hydroxylation sites is 1. The number of likely N-dealkylation sites (N-methyl/N-ethyl adjacent to an activating group) is 1. The van der Waals surface area contributed by atoms with E-state index in [9.17, 15) is 14.4 Å². The fourth-order valence-corrected chi connectivity index (χ4v) is 2.61. The first-order chi connectivity index (χ1) is 10.5. The molecule has 0 saturated heterocycles. The standard InChI is InChI=1S/C16H15N3O3/c1-3-19-13-7-5-4-6-10(13)14(20)12(16(19)22)8-11-9(2)17-18-15(11)21/h4-8H,3H2,1-2H3,(H2,17,18,21). The van der Waals surface area contributed by atoms with Crippen LogP contribution in [0, 0.1) is 6.92 Å². The van der Waals surface area contributed by atoms with Gasteiger partial charge in [0.15, 0.2) is 0 Å². The molecule has 2 heterocycles. The van der Waals surface area contributed by atoms with Gasteiger partial charge in [0.05, 0.1) is 16.8 Å². The minimum absolute atomic E-state index is 0.00810. The average Bonchev–Trinajstić information content (AvgIpc) is 2.83. The molecular weight excluding hydrogens is 282 g/mol. The number of carbonyl (C=O) groups excluding carboxylic acids is 2. The number of aromatic amines is 2. The van der Waals surface area contributed by atoms with E-state index in [2.05, 4.69) is 10.2 Å². The number of nitrogens with zero attached hydrogens (tertiary/aromatic N) is 1. The van der Waals surface area contributed by atoms with Crippen LogP contribution in [-0.4, -0.2) is 28.4 Å². The molecule has 0 atom stereocenters. The van der Waals surface area contributed by atoms with Gasteiger partial charge in [-0.1, -0.05) is 12.1 Å². The number of anilines is 1. The SMILES string of the molecule is CCN1C(=O)C(=Cc2c(C)[nH][nH]c2=O)C(=O)c2ccccc21. The molecule has 1 aliphatic rings. The summed E-state index contributed by atoms with van der Waals surface area (Å²) in [6, 6.07) is 6.98. The van der Waals surface area contributed by atoms with E-state index in [0.29, 0.717) is 29.1 Å². The molecule has 6 heteroatoms. The molecule has 0 aliphatic carbocycles. The highest BCUT2D eigenvalue weighted by Gasteiger charge is 2.33. The van der Waals surface area contributed by atoms with Crippen molar-refractivity contribution in [3.63, 3.8) is 0 Å². The van der Waals surface area contributed by atoms with Gasteiger partial charge in [0, 0.05) is 17.8 Å². The Labute approximate surface area is 126 Å². The van der Waals surface area contributed by atoms with Gasteiger partial charge in [-0.15, -0.1) is 0 Å². The monoisotopic (exact) mass is 297 g/mol. The van der Waals surface area contributed by atoms with Crippen LogP contribution in [-0.2, 0) is 4.79 Å². The molecule has 112 valence electrons. The minimum atomic E-state index is -0.383.